The lowest BCUT2D eigenvalue weighted by Crippen LogP contribution is -2.29. The van der Waals surface area contributed by atoms with Crippen LogP contribution in [0.5, 0.6) is 11.5 Å². The number of likely N-dealkylation sites (N-methyl/N-ethyl adjacent to an activating group) is 2. The lowest BCUT2D eigenvalue weighted by molar-refractivity contribution is -0.111. The lowest BCUT2D eigenvalue weighted by Gasteiger charge is -2.26. The summed E-state index contributed by atoms with van der Waals surface area (Å²) in [7, 11) is 8.87. The molecule has 42 heavy (non-hydrogen) atoms. The number of benzene rings is 2. The van der Waals surface area contributed by atoms with Gasteiger partial charge >= 0.3 is 0 Å². The Bertz CT molecular complexity index is 1450. The van der Waals surface area contributed by atoms with Crippen molar-refractivity contribution in [2.24, 2.45) is 0 Å². The Kier molecular flexibility index (Phi) is 10.6. The van der Waals surface area contributed by atoms with Crippen LogP contribution < -0.4 is 30.3 Å². The quantitative estimate of drug-likeness (QED) is 0.196. The van der Waals surface area contributed by atoms with E-state index in [1.54, 1.807) is 12.1 Å². The fraction of sp³-hybridized carbons (Fsp3) is 0.345. The number of halogens is 2. The van der Waals surface area contributed by atoms with E-state index < -0.39 is 11.4 Å². The predicted molar refractivity (Wildman–Crippen MR) is 165 cm³/mol. The molecule has 3 rings (SSSR count). The van der Waals surface area contributed by atoms with Crippen LogP contribution in [-0.2, 0) is 10.4 Å². The second kappa shape index (κ2) is 13.7. The number of rotatable bonds is 13. The molecule has 2 aromatic carbocycles. The monoisotopic (exact) mass is 601 g/mol. The molecule has 0 fully saturated rings. The summed E-state index contributed by atoms with van der Waals surface area (Å²) in [6.07, 6.45) is 2.64. The van der Waals surface area contributed by atoms with Gasteiger partial charge in [-0.1, -0.05) is 18.2 Å². The number of nitrogens with zero attached hydrogens (tertiary/aromatic N) is 4. The summed E-state index contributed by atoms with van der Waals surface area (Å²) in [5.74, 6) is 0.0970. The third-order valence-corrected chi connectivity index (χ3v) is 6.54. The maximum atomic E-state index is 14.3. The van der Waals surface area contributed by atoms with E-state index in [1.165, 1.54) is 52.5 Å². The van der Waals surface area contributed by atoms with Gasteiger partial charge in [-0.2, -0.15) is 4.98 Å². The molecule has 13 heteroatoms. The molecule has 0 aliphatic carbocycles. The molecular weight excluding hydrogens is 565 g/mol. The van der Waals surface area contributed by atoms with Crippen molar-refractivity contribution in [2.75, 3.05) is 69.3 Å². The fourth-order valence-corrected chi connectivity index (χ4v) is 4.14. The molecule has 0 bridgehead atoms. The number of methoxy groups -OCH3 is 2. The Morgan fingerprint density at radius 2 is 1.76 bits per heavy atom. The first-order valence-corrected chi connectivity index (χ1v) is 13.3. The van der Waals surface area contributed by atoms with Crippen LogP contribution in [0.3, 0.4) is 0 Å². The van der Waals surface area contributed by atoms with Crippen molar-refractivity contribution in [2.45, 2.75) is 19.4 Å². The average molecular weight is 602 g/mol. The summed E-state index contributed by atoms with van der Waals surface area (Å²) in [6.45, 7) is 8.09. The van der Waals surface area contributed by atoms with E-state index in [-0.39, 0.29) is 34.0 Å². The summed E-state index contributed by atoms with van der Waals surface area (Å²) in [5, 5.41) is 19.6. The van der Waals surface area contributed by atoms with Gasteiger partial charge in [0, 0.05) is 37.5 Å². The Hall–Kier alpha value is -4.13. The fourth-order valence-electron chi connectivity index (χ4n) is 3.98. The number of carbonyl (C=O) groups is 1. The van der Waals surface area contributed by atoms with E-state index >= 15 is 0 Å². The van der Waals surface area contributed by atoms with Crippen molar-refractivity contribution >= 4 is 52.0 Å². The molecular formula is C29H37ClFN7O4. The van der Waals surface area contributed by atoms with Crippen LogP contribution in [0, 0.1) is 5.82 Å². The standard InChI is InChI=1S/C29H37ClFN7O4/c1-9-26(39)33-21-14-22(24(41-7)15-23(21)38(6)11-10-37(4)5)35-28-32-16-25(42-8)27(36-28)34-20-13-18(30)19(31)12-17(20)29(2,3)40/h9,12-16,40H,1,10-11H2,2-8H3,(H,33,39)(H2,32,34,35,36). The molecule has 226 valence electrons. The van der Waals surface area contributed by atoms with Gasteiger partial charge in [0.1, 0.15) is 11.6 Å². The highest BCUT2D eigenvalue weighted by atomic mass is 35.5. The number of ether oxygens (including phenoxy) is 2. The highest BCUT2D eigenvalue weighted by molar-refractivity contribution is 6.31. The van der Waals surface area contributed by atoms with Crippen molar-refractivity contribution in [1.29, 1.82) is 0 Å². The maximum Gasteiger partial charge on any atom is 0.247 e. The largest absolute Gasteiger partial charge is 0.494 e. The first-order chi connectivity index (χ1) is 19.8. The number of aromatic nitrogens is 2. The van der Waals surface area contributed by atoms with E-state index in [9.17, 15) is 14.3 Å². The Morgan fingerprint density at radius 3 is 2.36 bits per heavy atom. The van der Waals surface area contributed by atoms with E-state index in [1.807, 2.05) is 26.0 Å². The van der Waals surface area contributed by atoms with Gasteiger partial charge in [0.25, 0.3) is 0 Å². The number of hydrogen-bond donors (Lipinski definition) is 4. The molecule has 0 aliphatic rings. The van der Waals surface area contributed by atoms with Crippen molar-refractivity contribution in [1.82, 2.24) is 14.9 Å². The number of carbonyl (C=O) groups excluding carboxylic acids is 1. The molecule has 0 saturated heterocycles. The van der Waals surface area contributed by atoms with E-state index in [4.69, 9.17) is 21.1 Å². The number of aliphatic hydroxyl groups is 1. The van der Waals surface area contributed by atoms with Gasteiger partial charge < -0.3 is 40.3 Å². The zero-order chi connectivity index (χ0) is 31.2. The van der Waals surface area contributed by atoms with Gasteiger partial charge in [0.2, 0.25) is 11.9 Å². The number of nitrogens with one attached hydrogen (secondary N) is 3. The molecule has 0 atom stereocenters. The molecule has 1 heterocycles. The smallest absolute Gasteiger partial charge is 0.247 e. The SMILES string of the molecule is C=CC(=O)Nc1cc(Nc2ncc(OC)c(Nc3cc(Cl)c(F)cc3C(C)(C)O)n2)c(OC)cc1N(C)CCN(C)C. The molecule has 1 amide bonds. The van der Waals surface area contributed by atoms with Crippen LogP contribution in [0.15, 0.2) is 43.1 Å². The molecule has 1 aromatic heterocycles. The van der Waals surface area contributed by atoms with Crippen LogP contribution in [-0.4, -0.2) is 74.3 Å². The van der Waals surface area contributed by atoms with Crippen LogP contribution >= 0.6 is 11.6 Å². The summed E-state index contributed by atoms with van der Waals surface area (Å²) < 4.78 is 25.4. The molecule has 3 aromatic rings. The summed E-state index contributed by atoms with van der Waals surface area (Å²) in [4.78, 5) is 25.2. The molecule has 0 radical (unpaired) electrons. The second-order valence-electron chi connectivity index (χ2n) is 10.2. The van der Waals surface area contributed by atoms with Crippen molar-refractivity contribution in [3.05, 3.63) is 59.5 Å². The molecule has 0 unspecified atom stereocenters. The zero-order valence-corrected chi connectivity index (χ0v) is 25.6. The van der Waals surface area contributed by atoms with E-state index in [0.29, 0.717) is 29.4 Å². The molecule has 4 N–H and O–H groups in total. The first kappa shape index (κ1) is 32.4. The van der Waals surface area contributed by atoms with Gasteiger partial charge in [-0.05, 0) is 52.2 Å². The first-order valence-electron chi connectivity index (χ1n) is 13.0. The van der Waals surface area contributed by atoms with Gasteiger partial charge in [0.15, 0.2) is 11.6 Å². The third-order valence-electron chi connectivity index (χ3n) is 6.25. The highest BCUT2D eigenvalue weighted by Gasteiger charge is 2.24. The van der Waals surface area contributed by atoms with Crippen molar-refractivity contribution in [3.8, 4) is 11.5 Å². The Labute approximate surface area is 250 Å². The lowest BCUT2D eigenvalue weighted by atomic mass is 9.96. The third kappa shape index (κ3) is 7.99. The second-order valence-corrected chi connectivity index (χ2v) is 10.6. The predicted octanol–water partition coefficient (Wildman–Crippen LogP) is 5.12. The zero-order valence-electron chi connectivity index (χ0n) is 24.8. The van der Waals surface area contributed by atoms with Gasteiger partial charge in [-0.25, -0.2) is 9.37 Å². The number of anilines is 6. The van der Waals surface area contributed by atoms with Crippen LogP contribution in [0.4, 0.5) is 38.9 Å². The summed E-state index contributed by atoms with van der Waals surface area (Å²) in [5.41, 5.74) is 0.925. The minimum atomic E-state index is -1.39. The molecule has 11 nitrogen and oxygen atoms in total. The van der Waals surface area contributed by atoms with Crippen molar-refractivity contribution in [3.63, 3.8) is 0 Å². The topological polar surface area (TPSA) is 124 Å². The summed E-state index contributed by atoms with van der Waals surface area (Å²) in [6, 6.07) is 6.05. The van der Waals surface area contributed by atoms with Crippen LogP contribution in [0.2, 0.25) is 5.02 Å². The summed E-state index contributed by atoms with van der Waals surface area (Å²) >= 11 is 6.05. The van der Waals surface area contributed by atoms with Gasteiger partial charge in [0.05, 0.1) is 48.1 Å². The van der Waals surface area contributed by atoms with Gasteiger partial charge in [-0.15, -0.1) is 0 Å². The normalized spacial score (nSPS) is 11.2. The maximum absolute atomic E-state index is 14.3. The number of hydrogen-bond acceptors (Lipinski definition) is 10. The van der Waals surface area contributed by atoms with Crippen LogP contribution in [0.1, 0.15) is 19.4 Å². The highest BCUT2D eigenvalue weighted by Crippen LogP contribution is 2.39. The van der Waals surface area contributed by atoms with Crippen molar-refractivity contribution < 1.29 is 23.8 Å². The van der Waals surface area contributed by atoms with E-state index in [2.05, 4.69) is 37.4 Å². The Balaban J connectivity index is 2.05. The average Bonchev–Trinajstić information content (AvgIpc) is 2.93. The number of amides is 1. The minimum Gasteiger partial charge on any atom is -0.494 e. The molecule has 0 spiro atoms. The van der Waals surface area contributed by atoms with E-state index in [0.717, 1.165) is 12.2 Å². The minimum absolute atomic E-state index is 0.133. The van der Waals surface area contributed by atoms with Crippen LogP contribution in [0.25, 0.3) is 0 Å². The molecule has 0 aliphatic heterocycles. The Morgan fingerprint density at radius 1 is 1.07 bits per heavy atom. The molecule has 0 saturated carbocycles. The van der Waals surface area contributed by atoms with Gasteiger partial charge in [-0.3, -0.25) is 4.79 Å².